The molecule has 0 aromatic heterocycles. The maximum absolute atomic E-state index is 13.4. The van der Waals surface area contributed by atoms with Crippen molar-refractivity contribution in [3.63, 3.8) is 0 Å². The number of ether oxygens (including phenoxy) is 1. The minimum Gasteiger partial charge on any atom is -0.483 e. The number of nitrogens with zero attached hydrogens (tertiary/aromatic N) is 1. The van der Waals surface area contributed by atoms with Gasteiger partial charge in [0.1, 0.15) is 11.8 Å². The van der Waals surface area contributed by atoms with E-state index in [0.717, 1.165) is 41.3 Å². The van der Waals surface area contributed by atoms with Gasteiger partial charge in [-0.05, 0) is 70.4 Å². The van der Waals surface area contributed by atoms with Crippen LogP contribution in [0.15, 0.2) is 46.9 Å². The van der Waals surface area contributed by atoms with Gasteiger partial charge in [-0.1, -0.05) is 75.9 Å². The Morgan fingerprint density at radius 2 is 1.83 bits per heavy atom. The molecule has 1 aliphatic rings. The topological polar surface area (TPSA) is 58.6 Å². The lowest BCUT2D eigenvalue weighted by Gasteiger charge is -2.31. The normalized spacial score (nSPS) is 15.4. The van der Waals surface area contributed by atoms with Crippen LogP contribution in [0.1, 0.15) is 70.9 Å². The number of nitrogens with one attached hydrogen (secondary N) is 1. The monoisotopic (exact) mass is 562 g/mol. The Morgan fingerprint density at radius 3 is 2.46 bits per heavy atom. The lowest BCUT2D eigenvalue weighted by molar-refractivity contribution is -0.142. The van der Waals surface area contributed by atoms with Crippen molar-refractivity contribution in [2.24, 2.45) is 0 Å². The van der Waals surface area contributed by atoms with Gasteiger partial charge >= 0.3 is 0 Å². The fourth-order valence-corrected chi connectivity index (χ4v) is 4.96. The van der Waals surface area contributed by atoms with Gasteiger partial charge in [-0.2, -0.15) is 0 Å². The van der Waals surface area contributed by atoms with E-state index in [4.69, 9.17) is 16.3 Å². The molecule has 3 rings (SSSR count). The summed E-state index contributed by atoms with van der Waals surface area (Å²) in [5.74, 6) is 0.166. The van der Waals surface area contributed by atoms with E-state index in [2.05, 4.69) is 42.0 Å². The Kier molecular flexibility index (Phi) is 9.65. The second-order valence-electron chi connectivity index (χ2n) is 10.3. The van der Waals surface area contributed by atoms with Crippen LogP contribution in [0.3, 0.4) is 0 Å². The summed E-state index contributed by atoms with van der Waals surface area (Å²) in [7, 11) is 0. The van der Waals surface area contributed by atoms with Crippen molar-refractivity contribution >= 4 is 39.3 Å². The van der Waals surface area contributed by atoms with E-state index in [0.29, 0.717) is 10.8 Å². The van der Waals surface area contributed by atoms with Gasteiger partial charge in [0.2, 0.25) is 5.91 Å². The predicted molar refractivity (Wildman–Crippen MR) is 145 cm³/mol. The quantitative estimate of drug-likeness (QED) is 0.391. The summed E-state index contributed by atoms with van der Waals surface area (Å²) in [5, 5.41) is 3.71. The highest BCUT2D eigenvalue weighted by Gasteiger charge is 2.29. The van der Waals surface area contributed by atoms with Crippen LogP contribution in [0, 0.1) is 0 Å². The van der Waals surface area contributed by atoms with Crippen molar-refractivity contribution in [3.05, 3.63) is 63.1 Å². The van der Waals surface area contributed by atoms with Crippen LogP contribution in [0.5, 0.6) is 5.75 Å². The number of carbonyl (C=O) groups is 2. The highest BCUT2D eigenvalue weighted by molar-refractivity contribution is 9.10. The first-order chi connectivity index (χ1) is 16.6. The number of halogens is 2. The van der Waals surface area contributed by atoms with Crippen molar-refractivity contribution in [2.75, 3.05) is 6.61 Å². The van der Waals surface area contributed by atoms with Crippen LogP contribution in [0.2, 0.25) is 5.02 Å². The van der Waals surface area contributed by atoms with Gasteiger partial charge in [0.15, 0.2) is 6.61 Å². The minimum atomic E-state index is -0.656. The van der Waals surface area contributed by atoms with Crippen LogP contribution in [0.4, 0.5) is 0 Å². The van der Waals surface area contributed by atoms with Gasteiger partial charge in [0.25, 0.3) is 5.91 Å². The molecule has 0 aliphatic heterocycles. The van der Waals surface area contributed by atoms with E-state index in [1.54, 1.807) is 17.9 Å². The first-order valence-electron chi connectivity index (χ1n) is 12.3. The molecule has 190 valence electrons. The molecule has 0 unspecified atom stereocenters. The molecule has 5 nitrogen and oxygen atoms in total. The van der Waals surface area contributed by atoms with Gasteiger partial charge in [0.05, 0.1) is 4.47 Å². The van der Waals surface area contributed by atoms with Gasteiger partial charge in [0, 0.05) is 17.6 Å². The molecular formula is C28H36BrClN2O3. The summed E-state index contributed by atoms with van der Waals surface area (Å²) in [4.78, 5) is 28.0. The van der Waals surface area contributed by atoms with Crippen LogP contribution in [0.25, 0.3) is 0 Å². The molecule has 2 amide bonds. The van der Waals surface area contributed by atoms with Crippen molar-refractivity contribution in [1.29, 1.82) is 0 Å². The molecule has 2 aromatic carbocycles. The average Bonchev–Trinajstić information content (AvgIpc) is 2.82. The number of amides is 2. The maximum Gasteiger partial charge on any atom is 0.261 e. The third-order valence-electron chi connectivity index (χ3n) is 6.57. The maximum atomic E-state index is 13.4. The predicted octanol–water partition coefficient (Wildman–Crippen LogP) is 6.65. The molecular weight excluding hydrogens is 528 g/mol. The SMILES string of the molecule is C[C@@H](C(=O)NC1CCCCC1)N(Cc1ccccc1Cl)C(=O)COc1ccc(C(C)(C)C)cc1Br. The highest BCUT2D eigenvalue weighted by atomic mass is 79.9. The minimum absolute atomic E-state index is 0.00372. The summed E-state index contributed by atoms with van der Waals surface area (Å²) in [5.41, 5.74) is 1.95. The number of benzene rings is 2. The molecule has 0 bridgehead atoms. The van der Waals surface area contributed by atoms with E-state index in [-0.39, 0.29) is 36.4 Å². The first kappa shape index (κ1) is 27.5. The molecule has 1 saturated carbocycles. The second-order valence-corrected chi connectivity index (χ2v) is 11.6. The molecule has 35 heavy (non-hydrogen) atoms. The summed E-state index contributed by atoms with van der Waals surface area (Å²) in [6.07, 6.45) is 5.43. The Bertz CT molecular complexity index is 1030. The summed E-state index contributed by atoms with van der Waals surface area (Å²) in [6, 6.07) is 12.8. The van der Waals surface area contributed by atoms with Gasteiger partial charge < -0.3 is 15.0 Å². The number of rotatable bonds is 8. The third kappa shape index (κ3) is 7.71. The zero-order valence-corrected chi connectivity index (χ0v) is 23.4. The molecule has 0 spiro atoms. The molecule has 0 heterocycles. The number of hydrogen-bond donors (Lipinski definition) is 1. The van der Waals surface area contributed by atoms with E-state index in [9.17, 15) is 9.59 Å². The summed E-state index contributed by atoms with van der Waals surface area (Å²) in [6.45, 7) is 8.24. The molecule has 0 saturated heterocycles. The Balaban J connectivity index is 1.74. The molecule has 1 fully saturated rings. The molecule has 1 N–H and O–H groups in total. The molecule has 1 aliphatic carbocycles. The molecule has 1 atom stereocenters. The zero-order valence-electron chi connectivity index (χ0n) is 21.1. The van der Waals surface area contributed by atoms with Crippen molar-refractivity contribution in [3.8, 4) is 5.75 Å². The molecule has 2 aromatic rings. The van der Waals surface area contributed by atoms with E-state index in [1.165, 1.54) is 6.42 Å². The largest absolute Gasteiger partial charge is 0.483 e. The number of hydrogen-bond acceptors (Lipinski definition) is 3. The van der Waals surface area contributed by atoms with Gasteiger partial charge in [-0.3, -0.25) is 9.59 Å². The zero-order chi connectivity index (χ0) is 25.6. The van der Waals surface area contributed by atoms with E-state index in [1.807, 2.05) is 36.4 Å². The molecule has 0 radical (unpaired) electrons. The van der Waals surface area contributed by atoms with Gasteiger partial charge in [-0.15, -0.1) is 0 Å². The van der Waals surface area contributed by atoms with E-state index < -0.39 is 6.04 Å². The Morgan fingerprint density at radius 1 is 1.14 bits per heavy atom. The summed E-state index contributed by atoms with van der Waals surface area (Å²) < 4.78 is 6.68. The number of carbonyl (C=O) groups excluding carboxylic acids is 2. The lowest BCUT2D eigenvalue weighted by Crippen LogP contribution is -2.51. The first-order valence-corrected chi connectivity index (χ1v) is 13.5. The Labute approximate surface area is 222 Å². The van der Waals surface area contributed by atoms with Gasteiger partial charge in [-0.25, -0.2) is 0 Å². The van der Waals surface area contributed by atoms with Crippen molar-refractivity contribution in [2.45, 2.75) is 83.8 Å². The lowest BCUT2D eigenvalue weighted by atomic mass is 9.87. The fourth-order valence-electron chi connectivity index (χ4n) is 4.27. The van der Waals surface area contributed by atoms with Crippen LogP contribution >= 0.6 is 27.5 Å². The van der Waals surface area contributed by atoms with Crippen LogP contribution in [-0.2, 0) is 21.5 Å². The van der Waals surface area contributed by atoms with E-state index >= 15 is 0 Å². The van der Waals surface area contributed by atoms with Crippen molar-refractivity contribution in [1.82, 2.24) is 10.2 Å². The van der Waals surface area contributed by atoms with Crippen LogP contribution in [-0.4, -0.2) is 35.4 Å². The van der Waals surface area contributed by atoms with Crippen LogP contribution < -0.4 is 10.1 Å². The molecule has 7 heteroatoms. The van der Waals surface area contributed by atoms with Crippen molar-refractivity contribution < 1.29 is 14.3 Å². The third-order valence-corrected chi connectivity index (χ3v) is 7.55. The fraction of sp³-hybridized carbons (Fsp3) is 0.500. The highest BCUT2D eigenvalue weighted by Crippen LogP contribution is 2.31. The average molecular weight is 564 g/mol. The second kappa shape index (κ2) is 12.3. The Hall–Kier alpha value is -2.05. The standard InChI is InChI=1S/C28H36BrClN2O3/c1-19(27(34)31-22-11-6-5-7-12-22)32(17-20-10-8-9-13-24(20)30)26(33)18-35-25-15-14-21(16-23(25)29)28(2,3)4/h8-10,13-16,19,22H,5-7,11-12,17-18H2,1-4H3,(H,31,34)/t19-/m0/s1. The summed E-state index contributed by atoms with van der Waals surface area (Å²) >= 11 is 9.95. The smallest absolute Gasteiger partial charge is 0.261 e.